The minimum absolute atomic E-state index is 0.684. The van der Waals surface area contributed by atoms with Gasteiger partial charge in [-0.15, -0.1) is 0 Å². The molecule has 0 heterocycles. The minimum atomic E-state index is 0.684. The van der Waals surface area contributed by atoms with Crippen LogP contribution in [0.1, 0.15) is 24.5 Å². The Labute approximate surface area is 119 Å². The lowest BCUT2D eigenvalue weighted by atomic mass is 10.1. The van der Waals surface area contributed by atoms with E-state index in [1.54, 1.807) is 0 Å². The number of nitrogens with zero attached hydrogens (tertiary/aromatic N) is 1. The molecule has 0 spiro atoms. The number of hydrogen-bond donors (Lipinski definition) is 1. The number of rotatable bonds is 6. The SMILES string of the molecule is CCCOc1cccc(NCc2ccc(C#N)cc2)c1. The van der Waals surface area contributed by atoms with Crippen LogP contribution in [0.3, 0.4) is 0 Å². The lowest BCUT2D eigenvalue weighted by molar-refractivity contribution is 0.317. The summed E-state index contributed by atoms with van der Waals surface area (Å²) in [5.74, 6) is 0.886. The summed E-state index contributed by atoms with van der Waals surface area (Å²) in [5.41, 5.74) is 2.86. The van der Waals surface area contributed by atoms with E-state index in [1.807, 2.05) is 48.5 Å². The Morgan fingerprint density at radius 2 is 1.95 bits per heavy atom. The van der Waals surface area contributed by atoms with Crippen LogP contribution in [-0.4, -0.2) is 6.61 Å². The van der Waals surface area contributed by atoms with Crippen molar-refractivity contribution >= 4 is 5.69 Å². The van der Waals surface area contributed by atoms with Gasteiger partial charge in [0.15, 0.2) is 0 Å². The van der Waals surface area contributed by atoms with Gasteiger partial charge in [-0.2, -0.15) is 5.26 Å². The Balaban J connectivity index is 1.94. The number of nitriles is 1. The van der Waals surface area contributed by atoms with Crippen LogP contribution in [0.5, 0.6) is 5.75 Å². The number of ether oxygens (including phenoxy) is 1. The summed E-state index contributed by atoms with van der Waals surface area (Å²) < 4.78 is 5.60. The standard InChI is InChI=1S/C17H18N2O/c1-2-10-20-17-5-3-4-16(11-17)19-13-15-8-6-14(12-18)7-9-15/h3-9,11,19H,2,10,13H2,1H3. The van der Waals surface area contributed by atoms with Gasteiger partial charge in [0, 0.05) is 18.3 Å². The normalized spacial score (nSPS) is 9.80. The quantitative estimate of drug-likeness (QED) is 0.860. The molecule has 3 nitrogen and oxygen atoms in total. The van der Waals surface area contributed by atoms with Crippen molar-refractivity contribution in [3.05, 3.63) is 59.7 Å². The predicted octanol–water partition coefficient (Wildman–Crippen LogP) is 3.96. The van der Waals surface area contributed by atoms with Gasteiger partial charge in [0.25, 0.3) is 0 Å². The van der Waals surface area contributed by atoms with Gasteiger partial charge in [-0.1, -0.05) is 25.1 Å². The molecule has 0 unspecified atom stereocenters. The molecule has 1 N–H and O–H groups in total. The summed E-state index contributed by atoms with van der Waals surface area (Å²) in [7, 11) is 0. The molecule has 0 aliphatic heterocycles. The molecule has 0 saturated heterocycles. The van der Waals surface area contributed by atoms with Crippen molar-refractivity contribution in [2.24, 2.45) is 0 Å². The smallest absolute Gasteiger partial charge is 0.121 e. The van der Waals surface area contributed by atoms with E-state index in [-0.39, 0.29) is 0 Å². The first-order chi connectivity index (χ1) is 9.81. The lowest BCUT2D eigenvalue weighted by Crippen LogP contribution is -2.00. The minimum Gasteiger partial charge on any atom is -0.494 e. The zero-order chi connectivity index (χ0) is 14.2. The molecule has 0 aliphatic rings. The molecule has 0 aliphatic carbocycles. The third kappa shape index (κ3) is 4.03. The molecular formula is C17H18N2O. The monoisotopic (exact) mass is 266 g/mol. The maximum Gasteiger partial charge on any atom is 0.121 e. The first-order valence-corrected chi connectivity index (χ1v) is 6.77. The number of anilines is 1. The molecule has 0 aromatic heterocycles. The fraction of sp³-hybridized carbons (Fsp3) is 0.235. The van der Waals surface area contributed by atoms with E-state index in [1.165, 1.54) is 0 Å². The van der Waals surface area contributed by atoms with Crippen molar-refractivity contribution in [1.82, 2.24) is 0 Å². The molecule has 0 bridgehead atoms. The van der Waals surface area contributed by atoms with E-state index in [9.17, 15) is 0 Å². The summed E-state index contributed by atoms with van der Waals surface area (Å²) in [6.07, 6.45) is 1.00. The highest BCUT2D eigenvalue weighted by Gasteiger charge is 1.98. The van der Waals surface area contributed by atoms with E-state index >= 15 is 0 Å². The molecule has 0 radical (unpaired) electrons. The lowest BCUT2D eigenvalue weighted by Gasteiger charge is -2.09. The van der Waals surface area contributed by atoms with Crippen molar-refractivity contribution in [2.45, 2.75) is 19.9 Å². The van der Waals surface area contributed by atoms with E-state index < -0.39 is 0 Å². The van der Waals surface area contributed by atoms with Gasteiger partial charge in [-0.3, -0.25) is 0 Å². The van der Waals surface area contributed by atoms with Crippen molar-refractivity contribution in [2.75, 3.05) is 11.9 Å². The molecule has 2 aromatic rings. The van der Waals surface area contributed by atoms with Gasteiger partial charge in [-0.05, 0) is 36.2 Å². The molecule has 0 atom stereocenters. The number of nitrogens with one attached hydrogen (secondary N) is 1. The van der Waals surface area contributed by atoms with Crippen LogP contribution in [-0.2, 0) is 6.54 Å². The van der Waals surface area contributed by atoms with Crippen molar-refractivity contribution in [1.29, 1.82) is 5.26 Å². The van der Waals surface area contributed by atoms with Gasteiger partial charge in [0.05, 0.1) is 18.2 Å². The Morgan fingerprint density at radius 1 is 1.15 bits per heavy atom. The largest absolute Gasteiger partial charge is 0.494 e. The molecule has 2 rings (SSSR count). The van der Waals surface area contributed by atoms with Crippen molar-refractivity contribution in [3.8, 4) is 11.8 Å². The molecule has 2 aromatic carbocycles. The third-order valence-electron chi connectivity index (χ3n) is 2.89. The number of hydrogen-bond acceptors (Lipinski definition) is 3. The van der Waals surface area contributed by atoms with Crippen LogP contribution >= 0.6 is 0 Å². The molecule has 3 heteroatoms. The number of benzene rings is 2. The van der Waals surface area contributed by atoms with Crippen LogP contribution < -0.4 is 10.1 Å². The summed E-state index contributed by atoms with van der Waals surface area (Å²) in [6.45, 7) is 3.55. The Hall–Kier alpha value is -2.47. The highest BCUT2D eigenvalue weighted by Crippen LogP contribution is 2.18. The summed E-state index contributed by atoms with van der Waals surface area (Å²) >= 11 is 0. The molecule has 0 fully saturated rings. The van der Waals surface area contributed by atoms with E-state index in [0.717, 1.165) is 36.6 Å². The second-order valence-electron chi connectivity index (χ2n) is 4.54. The average molecular weight is 266 g/mol. The maximum absolute atomic E-state index is 8.76. The van der Waals surface area contributed by atoms with Gasteiger partial charge in [-0.25, -0.2) is 0 Å². The van der Waals surface area contributed by atoms with Crippen molar-refractivity contribution < 1.29 is 4.74 Å². The zero-order valence-electron chi connectivity index (χ0n) is 11.6. The molecule has 0 saturated carbocycles. The van der Waals surface area contributed by atoms with Gasteiger partial charge in [0.1, 0.15) is 5.75 Å². The van der Waals surface area contributed by atoms with Crippen LogP contribution in [0.25, 0.3) is 0 Å². The highest BCUT2D eigenvalue weighted by molar-refractivity contribution is 5.48. The first kappa shape index (κ1) is 14.0. The van der Waals surface area contributed by atoms with Gasteiger partial charge in [0.2, 0.25) is 0 Å². The predicted molar refractivity (Wildman–Crippen MR) is 80.7 cm³/mol. The summed E-state index contributed by atoms with van der Waals surface area (Å²) in [4.78, 5) is 0. The van der Waals surface area contributed by atoms with E-state index in [4.69, 9.17) is 10.00 Å². The summed E-state index contributed by atoms with van der Waals surface area (Å²) in [5, 5.41) is 12.1. The molecule has 0 amide bonds. The second kappa shape index (κ2) is 7.20. The zero-order valence-corrected chi connectivity index (χ0v) is 11.6. The second-order valence-corrected chi connectivity index (χ2v) is 4.54. The Kier molecular flexibility index (Phi) is 5.02. The first-order valence-electron chi connectivity index (χ1n) is 6.77. The average Bonchev–Trinajstić information content (AvgIpc) is 2.52. The highest BCUT2D eigenvalue weighted by atomic mass is 16.5. The fourth-order valence-corrected chi connectivity index (χ4v) is 1.82. The van der Waals surface area contributed by atoms with Gasteiger partial charge >= 0.3 is 0 Å². The van der Waals surface area contributed by atoms with Gasteiger partial charge < -0.3 is 10.1 Å². The van der Waals surface area contributed by atoms with E-state index in [0.29, 0.717) is 5.56 Å². The van der Waals surface area contributed by atoms with Crippen LogP contribution in [0, 0.1) is 11.3 Å². The van der Waals surface area contributed by atoms with Crippen LogP contribution in [0.2, 0.25) is 0 Å². The van der Waals surface area contributed by atoms with E-state index in [2.05, 4.69) is 18.3 Å². The Bertz CT molecular complexity index is 585. The molecule has 102 valence electrons. The van der Waals surface area contributed by atoms with Crippen molar-refractivity contribution in [3.63, 3.8) is 0 Å². The summed E-state index contributed by atoms with van der Waals surface area (Å²) in [6, 6.07) is 17.7. The maximum atomic E-state index is 8.76. The molecule has 20 heavy (non-hydrogen) atoms. The Morgan fingerprint density at radius 3 is 2.65 bits per heavy atom. The topological polar surface area (TPSA) is 45.0 Å². The van der Waals surface area contributed by atoms with Crippen LogP contribution in [0.15, 0.2) is 48.5 Å². The fourth-order valence-electron chi connectivity index (χ4n) is 1.82. The third-order valence-corrected chi connectivity index (χ3v) is 2.89. The van der Waals surface area contributed by atoms with Crippen LogP contribution in [0.4, 0.5) is 5.69 Å². The molecular weight excluding hydrogens is 248 g/mol.